The molecule has 6 heteroatoms. The van der Waals surface area contributed by atoms with Crippen molar-refractivity contribution in [1.29, 1.82) is 0 Å². The first kappa shape index (κ1) is 18.2. The van der Waals surface area contributed by atoms with Crippen molar-refractivity contribution in [1.82, 2.24) is 3.97 Å². The van der Waals surface area contributed by atoms with E-state index in [0.717, 1.165) is 8.85 Å². The summed E-state index contributed by atoms with van der Waals surface area (Å²) in [4.78, 5) is 1.02. The monoisotopic (exact) mass is 383 g/mol. The van der Waals surface area contributed by atoms with E-state index in [0.29, 0.717) is 5.56 Å². The van der Waals surface area contributed by atoms with Crippen molar-refractivity contribution in [2.75, 3.05) is 0 Å². The highest BCUT2D eigenvalue weighted by molar-refractivity contribution is 7.90. The Bertz CT molecular complexity index is 1050. The number of rotatable bonds is 5. The van der Waals surface area contributed by atoms with Crippen LogP contribution in [0.3, 0.4) is 0 Å². The first-order valence-electron chi connectivity index (χ1n) is 7.90. The predicted molar refractivity (Wildman–Crippen MR) is 104 cm³/mol. The van der Waals surface area contributed by atoms with Crippen LogP contribution in [0.2, 0.25) is 0 Å². The summed E-state index contributed by atoms with van der Waals surface area (Å²) in [6.07, 6.45) is 2.19. The molecule has 0 amide bonds. The van der Waals surface area contributed by atoms with Crippen molar-refractivity contribution < 1.29 is 13.5 Å². The Labute approximate surface area is 157 Å². The molecule has 2 aromatic heterocycles. The molecule has 1 unspecified atom stereocenters. The molecular formula is C20H17NO3S2. The maximum atomic E-state index is 13.0. The number of aromatic nitrogens is 1. The van der Waals surface area contributed by atoms with Crippen LogP contribution in [-0.4, -0.2) is 17.5 Å². The maximum Gasteiger partial charge on any atom is 0.267 e. The fourth-order valence-corrected chi connectivity index (χ4v) is 4.52. The molecule has 0 bridgehead atoms. The fraction of sp³-hybridized carbons (Fsp3) is 0.100. The normalized spacial score (nSPS) is 12.2. The Kier molecular flexibility index (Phi) is 5.43. The van der Waals surface area contributed by atoms with Crippen LogP contribution in [0.25, 0.3) is 0 Å². The molecule has 3 rings (SSSR count). The third-order valence-corrected chi connectivity index (χ3v) is 6.23. The number of hydrogen-bond acceptors (Lipinski definition) is 4. The molecule has 132 valence electrons. The zero-order chi connectivity index (χ0) is 18.6. The summed E-state index contributed by atoms with van der Waals surface area (Å²) in [7, 11) is -3.83. The van der Waals surface area contributed by atoms with Gasteiger partial charge in [-0.25, -0.2) is 12.4 Å². The Balaban J connectivity index is 2.13. The predicted octanol–water partition coefficient (Wildman–Crippen LogP) is 3.80. The first-order valence-corrected chi connectivity index (χ1v) is 10.2. The summed E-state index contributed by atoms with van der Waals surface area (Å²) in [6, 6.07) is 13.5. The third-order valence-electron chi connectivity index (χ3n) is 3.74. The van der Waals surface area contributed by atoms with E-state index < -0.39 is 16.1 Å². The second-order valence-electron chi connectivity index (χ2n) is 5.50. The number of aliphatic hydroxyl groups is 1. The van der Waals surface area contributed by atoms with Gasteiger partial charge in [-0.2, -0.15) is 0 Å². The molecule has 0 saturated heterocycles. The topological polar surface area (TPSA) is 59.3 Å². The number of aliphatic hydroxyl groups excluding tert-OH is 1. The lowest BCUT2D eigenvalue weighted by atomic mass is 10.1. The van der Waals surface area contributed by atoms with E-state index >= 15 is 0 Å². The van der Waals surface area contributed by atoms with E-state index in [1.807, 2.05) is 17.5 Å². The Morgan fingerprint density at radius 3 is 2.58 bits per heavy atom. The molecule has 0 saturated carbocycles. The molecule has 1 atom stereocenters. The van der Waals surface area contributed by atoms with Gasteiger partial charge in [-0.1, -0.05) is 42.2 Å². The highest BCUT2D eigenvalue weighted by atomic mass is 32.2. The van der Waals surface area contributed by atoms with Gasteiger partial charge in [0.1, 0.15) is 0 Å². The van der Waals surface area contributed by atoms with Crippen molar-refractivity contribution in [3.05, 3.63) is 88.9 Å². The van der Waals surface area contributed by atoms with Gasteiger partial charge < -0.3 is 5.11 Å². The lowest BCUT2D eigenvalue weighted by Gasteiger charge is -2.15. The van der Waals surface area contributed by atoms with Gasteiger partial charge >= 0.3 is 0 Å². The smallest absolute Gasteiger partial charge is 0.267 e. The molecule has 0 spiro atoms. The van der Waals surface area contributed by atoms with Crippen molar-refractivity contribution in [2.24, 2.45) is 0 Å². The molecule has 4 nitrogen and oxygen atoms in total. The van der Waals surface area contributed by atoms with E-state index in [4.69, 9.17) is 0 Å². The summed E-state index contributed by atoms with van der Waals surface area (Å²) in [5, 5.41) is 12.4. The summed E-state index contributed by atoms with van der Waals surface area (Å²) in [5.41, 5.74) is 0.727. The van der Waals surface area contributed by atoms with Gasteiger partial charge in [0.15, 0.2) is 0 Å². The molecule has 0 aliphatic heterocycles. The molecule has 1 aromatic carbocycles. The Morgan fingerprint density at radius 1 is 1.15 bits per heavy atom. The second-order valence-corrected chi connectivity index (χ2v) is 8.26. The highest BCUT2D eigenvalue weighted by Gasteiger charge is 2.25. The van der Waals surface area contributed by atoms with Gasteiger partial charge in [-0.05, 0) is 36.1 Å². The average molecular weight is 383 g/mol. The highest BCUT2D eigenvalue weighted by Crippen LogP contribution is 2.26. The van der Waals surface area contributed by atoms with Gasteiger partial charge in [0.05, 0.1) is 21.6 Å². The quantitative estimate of drug-likeness (QED) is 0.539. The number of benzene rings is 1. The summed E-state index contributed by atoms with van der Waals surface area (Å²) in [5.74, 6) is 5.99. The van der Waals surface area contributed by atoms with Crippen molar-refractivity contribution in [3.63, 3.8) is 0 Å². The van der Waals surface area contributed by atoms with E-state index in [2.05, 4.69) is 18.4 Å². The van der Waals surface area contributed by atoms with E-state index in [1.165, 1.54) is 29.7 Å². The third kappa shape index (κ3) is 3.65. The summed E-state index contributed by atoms with van der Waals surface area (Å²) < 4.78 is 27.1. The van der Waals surface area contributed by atoms with Gasteiger partial charge in [-0.3, -0.25) is 0 Å². The van der Waals surface area contributed by atoms with E-state index in [-0.39, 0.29) is 17.0 Å². The van der Waals surface area contributed by atoms with E-state index in [9.17, 15) is 13.5 Å². The molecule has 0 fully saturated rings. The van der Waals surface area contributed by atoms with Crippen molar-refractivity contribution >= 4 is 21.4 Å². The van der Waals surface area contributed by atoms with Gasteiger partial charge in [0.2, 0.25) is 0 Å². The van der Waals surface area contributed by atoms with Gasteiger partial charge in [0.25, 0.3) is 10.0 Å². The van der Waals surface area contributed by atoms with Crippen LogP contribution in [0.15, 0.2) is 77.7 Å². The Hall–Kier alpha value is -2.59. The standard InChI is InChI=1S/C20H17NO3S2/c1-2-7-19(22)20-16(11-12-17-8-6-15-25-17)13-14-21(20)26(23,24)18-9-4-3-5-10-18/h2-6,8-10,13-15,19,22H,1,7H2. The summed E-state index contributed by atoms with van der Waals surface area (Å²) in [6.45, 7) is 3.62. The van der Waals surface area contributed by atoms with Crippen LogP contribution in [0.1, 0.15) is 28.7 Å². The first-order chi connectivity index (χ1) is 12.5. The minimum Gasteiger partial charge on any atom is -0.386 e. The minimum atomic E-state index is -3.83. The largest absolute Gasteiger partial charge is 0.386 e. The minimum absolute atomic E-state index is 0.153. The maximum absolute atomic E-state index is 13.0. The Morgan fingerprint density at radius 2 is 1.92 bits per heavy atom. The fourth-order valence-electron chi connectivity index (χ4n) is 2.52. The van der Waals surface area contributed by atoms with Gasteiger partial charge in [0, 0.05) is 11.8 Å². The number of hydrogen-bond donors (Lipinski definition) is 1. The van der Waals surface area contributed by atoms with Crippen LogP contribution in [0, 0.1) is 11.8 Å². The molecule has 26 heavy (non-hydrogen) atoms. The molecule has 0 aliphatic rings. The van der Waals surface area contributed by atoms with Crippen LogP contribution in [0.4, 0.5) is 0 Å². The lowest BCUT2D eigenvalue weighted by molar-refractivity contribution is 0.175. The zero-order valence-corrected chi connectivity index (χ0v) is 15.5. The molecule has 2 heterocycles. The second kappa shape index (κ2) is 7.75. The van der Waals surface area contributed by atoms with Crippen molar-refractivity contribution in [3.8, 4) is 11.8 Å². The summed E-state index contributed by atoms with van der Waals surface area (Å²) >= 11 is 1.50. The lowest BCUT2D eigenvalue weighted by Crippen LogP contribution is -2.17. The molecule has 0 radical (unpaired) electrons. The zero-order valence-electron chi connectivity index (χ0n) is 13.9. The number of thiophene rings is 1. The van der Waals surface area contributed by atoms with Gasteiger partial charge in [-0.15, -0.1) is 17.9 Å². The van der Waals surface area contributed by atoms with Crippen molar-refractivity contribution in [2.45, 2.75) is 17.4 Å². The average Bonchev–Trinajstić information content (AvgIpc) is 3.30. The van der Waals surface area contributed by atoms with Crippen LogP contribution in [-0.2, 0) is 10.0 Å². The SMILES string of the molecule is C=CCC(O)c1c(C#Cc2cccs2)ccn1S(=O)(=O)c1ccccc1. The van der Waals surface area contributed by atoms with Crippen LogP contribution in [0.5, 0.6) is 0 Å². The molecular weight excluding hydrogens is 366 g/mol. The number of nitrogens with zero attached hydrogens (tertiary/aromatic N) is 1. The van der Waals surface area contributed by atoms with Crippen LogP contribution >= 0.6 is 11.3 Å². The van der Waals surface area contributed by atoms with E-state index in [1.54, 1.807) is 30.3 Å². The molecule has 0 aliphatic carbocycles. The molecule has 1 N–H and O–H groups in total. The van der Waals surface area contributed by atoms with Crippen LogP contribution < -0.4 is 0 Å². The molecule has 3 aromatic rings.